The molecule has 0 fully saturated rings. The molecule has 3 rings (SSSR count). The van der Waals surface area contributed by atoms with Crippen LogP contribution in [0.5, 0.6) is 0 Å². The first-order valence-corrected chi connectivity index (χ1v) is 6.03. The van der Waals surface area contributed by atoms with Crippen molar-refractivity contribution in [3.63, 3.8) is 0 Å². The number of aromatic nitrogens is 2. The lowest BCUT2D eigenvalue weighted by Crippen LogP contribution is -2.26. The highest BCUT2D eigenvalue weighted by atomic mass is 16.1. The van der Waals surface area contributed by atoms with Crippen molar-refractivity contribution in [1.29, 1.82) is 0 Å². The minimum atomic E-state index is -0.0993. The van der Waals surface area contributed by atoms with Gasteiger partial charge in [0.2, 0.25) is 11.9 Å². The van der Waals surface area contributed by atoms with Crippen LogP contribution >= 0.6 is 0 Å². The third-order valence-corrected chi connectivity index (χ3v) is 2.71. The lowest BCUT2D eigenvalue weighted by Gasteiger charge is -2.01. The number of aromatic amines is 1. The maximum Gasteiger partial charge on any atom is 0.221 e. The lowest BCUT2D eigenvalue weighted by atomic mass is 10.3. The Bertz CT molecular complexity index is 659. The zero-order chi connectivity index (χ0) is 13.2. The number of hydrogen-bond acceptors (Lipinski definition) is 5. The molecular formula is C12H14N6O. The summed E-state index contributed by atoms with van der Waals surface area (Å²) in [5.74, 6) is 1.25. The van der Waals surface area contributed by atoms with E-state index in [-0.39, 0.29) is 5.91 Å². The Balaban J connectivity index is 1.85. The van der Waals surface area contributed by atoms with Crippen LogP contribution in [0.2, 0.25) is 0 Å². The number of fused-ring (bicyclic) bond motifs is 1. The molecule has 1 amide bonds. The largest absolute Gasteiger partial charge is 0.354 e. The molecule has 19 heavy (non-hydrogen) atoms. The molecule has 2 heterocycles. The summed E-state index contributed by atoms with van der Waals surface area (Å²) in [6.45, 7) is 3.09. The molecule has 0 atom stereocenters. The number of guanidine groups is 1. The van der Waals surface area contributed by atoms with Gasteiger partial charge in [-0.2, -0.15) is 0 Å². The Labute approximate surface area is 109 Å². The maximum absolute atomic E-state index is 11.0. The van der Waals surface area contributed by atoms with Crippen molar-refractivity contribution in [3.8, 4) is 0 Å². The zero-order valence-corrected chi connectivity index (χ0v) is 10.4. The molecule has 0 saturated heterocycles. The highest BCUT2D eigenvalue weighted by Gasteiger charge is 2.08. The van der Waals surface area contributed by atoms with Gasteiger partial charge in [-0.25, -0.2) is 4.98 Å². The summed E-state index contributed by atoms with van der Waals surface area (Å²) >= 11 is 0. The molecule has 1 aliphatic rings. The Hall–Kier alpha value is -2.57. The SMILES string of the molecule is CC(=O)Nc1ccc2[nH]c(NC3=NCCN3)nc2c1. The first kappa shape index (κ1) is 11.5. The third-order valence-electron chi connectivity index (χ3n) is 2.71. The number of carbonyl (C=O) groups excluding carboxylic acids is 1. The second-order valence-corrected chi connectivity index (χ2v) is 4.28. The summed E-state index contributed by atoms with van der Waals surface area (Å²) in [7, 11) is 0. The van der Waals surface area contributed by atoms with E-state index in [4.69, 9.17) is 0 Å². The fraction of sp³-hybridized carbons (Fsp3) is 0.250. The molecule has 0 unspecified atom stereocenters. The lowest BCUT2D eigenvalue weighted by molar-refractivity contribution is -0.114. The summed E-state index contributed by atoms with van der Waals surface area (Å²) in [6, 6.07) is 5.53. The number of benzene rings is 1. The third kappa shape index (κ3) is 2.49. The van der Waals surface area contributed by atoms with Gasteiger partial charge in [-0.15, -0.1) is 0 Å². The number of rotatable bonds is 2. The Morgan fingerprint density at radius 1 is 1.42 bits per heavy atom. The first-order chi connectivity index (χ1) is 9.20. The predicted molar refractivity (Wildman–Crippen MR) is 74.3 cm³/mol. The van der Waals surface area contributed by atoms with Crippen LogP contribution in [0.3, 0.4) is 0 Å². The highest BCUT2D eigenvalue weighted by Crippen LogP contribution is 2.19. The second kappa shape index (κ2) is 4.60. The van der Waals surface area contributed by atoms with Gasteiger partial charge in [0.1, 0.15) is 0 Å². The van der Waals surface area contributed by atoms with E-state index in [1.165, 1.54) is 6.92 Å². The van der Waals surface area contributed by atoms with Crippen molar-refractivity contribution in [3.05, 3.63) is 18.2 Å². The molecule has 98 valence electrons. The van der Waals surface area contributed by atoms with Gasteiger partial charge in [0, 0.05) is 19.2 Å². The van der Waals surface area contributed by atoms with Gasteiger partial charge in [0.05, 0.1) is 17.6 Å². The molecular weight excluding hydrogens is 244 g/mol. The number of aliphatic imine (C=N–C) groups is 1. The average molecular weight is 258 g/mol. The number of H-pyrrole nitrogens is 1. The molecule has 1 aromatic carbocycles. The molecule has 7 heteroatoms. The van der Waals surface area contributed by atoms with Gasteiger partial charge >= 0.3 is 0 Å². The van der Waals surface area contributed by atoms with Gasteiger partial charge in [-0.05, 0) is 18.2 Å². The molecule has 0 saturated carbocycles. The zero-order valence-electron chi connectivity index (χ0n) is 10.4. The Morgan fingerprint density at radius 3 is 3.05 bits per heavy atom. The van der Waals surface area contributed by atoms with Crippen molar-refractivity contribution >= 4 is 34.5 Å². The monoisotopic (exact) mass is 258 g/mol. The van der Waals surface area contributed by atoms with E-state index in [0.717, 1.165) is 35.8 Å². The molecule has 1 aromatic heterocycles. The van der Waals surface area contributed by atoms with Crippen LogP contribution in [0, 0.1) is 0 Å². The average Bonchev–Trinajstić information content (AvgIpc) is 2.97. The van der Waals surface area contributed by atoms with Crippen molar-refractivity contribution in [2.75, 3.05) is 23.7 Å². The van der Waals surface area contributed by atoms with Crippen molar-refractivity contribution in [2.45, 2.75) is 6.92 Å². The second-order valence-electron chi connectivity index (χ2n) is 4.28. The number of hydrogen-bond donors (Lipinski definition) is 4. The topological polar surface area (TPSA) is 94.2 Å². The molecule has 0 aliphatic carbocycles. The molecule has 1 aliphatic heterocycles. The highest BCUT2D eigenvalue weighted by molar-refractivity contribution is 5.95. The van der Waals surface area contributed by atoms with Crippen LogP contribution in [0.1, 0.15) is 6.92 Å². The summed E-state index contributed by atoms with van der Waals surface area (Å²) in [5, 5.41) is 8.91. The predicted octanol–water partition coefficient (Wildman–Crippen LogP) is 0.892. The quantitative estimate of drug-likeness (QED) is 0.643. The standard InChI is InChI=1S/C12H14N6O/c1-7(19)15-8-2-3-9-10(6-8)17-12(16-9)18-11-13-4-5-14-11/h2-3,6H,4-5H2,1H3,(H,15,19)(H3,13,14,16,17,18). The molecule has 2 aromatic rings. The Kier molecular flexibility index (Phi) is 2.79. The van der Waals surface area contributed by atoms with Gasteiger partial charge in [-0.1, -0.05) is 0 Å². The Morgan fingerprint density at radius 2 is 2.32 bits per heavy atom. The van der Waals surface area contributed by atoms with Gasteiger partial charge in [0.25, 0.3) is 0 Å². The molecule has 4 N–H and O–H groups in total. The number of imidazole rings is 1. The summed E-state index contributed by atoms with van der Waals surface area (Å²) in [5.41, 5.74) is 2.41. The van der Waals surface area contributed by atoms with Crippen molar-refractivity contribution in [1.82, 2.24) is 15.3 Å². The number of nitrogens with zero attached hydrogens (tertiary/aromatic N) is 2. The van der Waals surface area contributed by atoms with E-state index in [9.17, 15) is 4.79 Å². The van der Waals surface area contributed by atoms with Crippen LogP contribution in [0.15, 0.2) is 23.2 Å². The van der Waals surface area contributed by atoms with E-state index < -0.39 is 0 Å². The number of carbonyl (C=O) groups is 1. The summed E-state index contributed by atoms with van der Waals surface area (Å²) < 4.78 is 0. The van der Waals surface area contributed by atoms with E-state index in [1.807, 2.05) is 18.2 Å². The van der Waals surface area contributed by atoms with Crippen LogP contribution < -0.4 is 16.0 Å². The van der Waals surface area contributed by atoms with Gasteiger partial charge < -0.3 is 15.6 Å². The van der Waals surface area contributed by atoms with E-state index >= 15 is 0 Å². The van der Waals surface area contributed by atoms with Gasteiger partial charge in [0.15, 0.2) is 5.96 Å². The van der Waals surface area contributed by atoms with Crippen LogP contribution in [-0.4, -0.2) is 34.9 Å². The van der Waals surface area contributed by atoms with E-state index in [1.54, 1.807) is 0 Å². The van der Waals surface area contributed by atoms with Gasteiger partial charge in [-0.3, -0.25) is 15.1 Å². The normalized spacial score (nSPS) is 14.1. The molecule has 0 spiro atoms. The minimum absolute atomic E-state index is 0.0993. The van der Waals surface area contributed by atoms with Crippen LogP contribution in [0.25, 0.3) is 11.0 Å². The van der Waals surface area contributed by atoms with Crippen molar-refractivity contribution in [2.24, 2.45) is 4.99 Å². The first-order valence-electron chi connectivity index (χ1n) is 6.03. The van der Waals surface area contributed by atoms with Crippen molar-refractivity contribution < 1.29 is 4.79 Å². The molecule has 0 bridgehead atoms. The fourth-order valence-corrected chi connectivity index (χ4v) is 1.94. The minimum Gasteiger partial charge on any atom is -0.354 e. The van der Waals surface area contributed by atoms with E-state index in [2.05, 4.69) is 30.9 Å². The summed E-state index contributed by atoms with van der Waals surface area (Å²) in [4.78, 5) is 22.8. The van der Waals surface area contributed by atoms with E-state index in [0.29, 0.717) is 5.95 Å². The fourth-order valence-electron chi connectivity index (χ4n) is 1.94. The smallest absolute Gasteiger partial charge is 0.221 e. The molecule has 7 nitrogen and oxygen atoms in total. The number of nitrogens with one attached hydrogen (secondary N) is 4. The summed E-state index contributed by atoms with van der Waals surface area (Å²) in [6.07, 6.45) is 0. The number of amides is 1. The molecule has 0 radical (unpaired) electrons. The van der Waals surface area contributed by atoms with Crippen LogP contribution in [0.4, 0.5) is 11.6 Å². The maximum atomic E-state index is 11.0. The van der Waals surface area contributed by atoms with Crippen LogP contribution in [-0.2, 0) is 4.79 Å². The number of anilines is 2.